The molecule has 72 valence electrons. The molecule has 1 aromatic rings. The van der Waals surface area contributed by atoms with Crippen molar-refractivity contribution >= 4 is 0 Å². The highest BCUT2D eigenvalue weighted by Crippen LogP contribution is 2.19. The third-order valence-corrected chi connectivity index (χ3v) is 2.21. The number of rotatable bonds is 3. The fraction of sp³-hybridized carbons (Fsp3) is 0.667. The Kier molecular flexibility index (Phi) is 2.61. The highest BCUT2D eigenvalue weighted by atomic mass is 16.5. The molecule has 0 amide bonds. The zero-order valence-corrected chi connectivity index (χ0v) is 7.80. The normalized spacial score (nSPS) is 15.8. The Balaban J connectivity index is 2.12. The average molecular weight is 182 g/mol. The van der Waals surface area contributed by atoms with Crippen LogP contribution in [0.4, 0.5) is 0 Å². The van der Waals surface area contributed by atoms with Crippen molar-refractivity contribution in [2.24, 2.45) is 0 Å². The van der Waals surface area contributed by atoms with Crippen LogP contribution in [-0.4, -0.2) is 18.3 Å². The van der Waals surface area contributed by atoms with Gasteiger partial charge in [0, 0.05) is 18.5 Å². The highest BCUT2D eigenvalue weighted by Gasteiger charge is 2.18. The highest BCUT2D eigenvalue weighted by molar-refractivity contribution is 5.23. The Morgan fingerprint density at radius 3 is 3.31 bits per heavy atom. The van der Waals surface area contributed by atoms with Gasteiger partial charge < -0.3 is 14.6 Å². The minimum Gasteiger partial charge on any atom is -0.376 e. The summed E-state index contributed by atoms with van der Waals surface area (Å²) in [6, 6.07) is 0. The van der Waals surface area contributed by atoms with Gasteiger partial charge in [-0.15, -0.1) is 0 Å². The predicted molar refractivity (Wildman–Crippen MR) is 47.2 cm³/mol. The third kappa shape index (κ3) is 1.73. The van der Waals surface area contributed by atoms with Crippen LogP contribution >= 0.6 is 0 Å². The summed E-state index contributed by atoms with van der Waals surface area (Å²) in [4.78, 5) is 0. The lowest BCUT2D eigenvalue weighted by Gasteiger charge is -2.10. The van der Waals surface area contributed by atoms with Crippen LogP contribution in [0.5, 0.6) is 0 Å². The fourth-order valence-electron chi connectivity index (χ4n) is 1.46. The molecule has 0 aliphatic carbocycles. The van der Waals surface area contributed by atoms with E-state index < -0.39 is 0 Å². The third-order valence-electron chi connectivity index (χ3n) is 2.21. The zero-order valence-electron chi connectivity index (χ0n) is 7.80. The summed E-state index contributed by atoms with van der Waals surface area (Å²) in [7, 11) is 0. The van der Waals surface area contributed by atoms with E-state index >= 15 is 0 Å². The van der Waals surface area contributed by atoms with Gasteiger partial charge in [-0.3, -0.25) is 0 Å². The summed E-state index contributed by atoms with van der Waals surface area (Å²) in [5.41, 5.74) is 2.14. The lowest BCUT2D eigenvalue weighted by Crippen LogP contribution is -2.15. The number of hydrogen-bond donors (Lipinski definition) is 1. The summed E-state index contributed by atoms with van der Waals surface area (Å²) >= 11 is 0. The number of nitrogens with one attached hydrogen (secondary N) is 1. The van der Waals surface area contributed by atoms with Crippen molar-refractivity contribution in [3.05, 3.63) is 17.0 Å². The summed E-state index contributed by atoms with van der Waals surface area (Å²) in [6.07, 6.45) is 0.856. The standard InChI is InChI=1S/C9H14N2O2/c1-2-10-5-8-7-6-12-4-3-9(7)13-11-8/h10H,2-6H2,1H3. The minimum absolute atomic E-state index is 0.652. The van der Waals surface area contributed by atoms with Crippen molar-refractivity contribution in [2.75, 3.05) is 13.2 Å². The monoisotopic (exact) mass is 182 g/mol. The topological polar surface area (TPSA) is 47.3 Å². The van der Waals surface area contributed by atoms with Gasteiger partial charge in [-0.1, -0.05) is 12.1 Å². The van der Waals surface area contributed by atoms with E-state index in [2.05, 4.69) is 17.4 Å². The Morgan fingerprint density at radius 2 is 2.46 bits per heavy atom. The van der Waals surface area contributed by atoms with Crippen molar-refractivity contribution in [3.63, 3.8) is 0 Å². The first kappa shape index (κ1) is 8.72. The van der Waals surface area contributed by atoms with Gasteiger partial charge in [-0.2, -0.15) is 0 Å². The Hall–Kier alpha value is -0.870. The molecule has 13 heavy (non-hydrogen) atoms. The second kappa shape index (κ2) is 3.89. The van der Waals surface area contributed by atoms with Gasteiger partial charge >= 0.3 is 0 Å². The maximum atomic E-state index is 5.35. The smallest absolute Gasteiger partial charge is 0.144 e. The molecule has 4 heteroatoms. The Morgan fingerprint density at radius 1 is 1.54 bits per heavy atom. The lowest BCUT2D eigenvalue weighted by molar-refractivity contribution is 0.102. The molecule has 1 aliphatic heterocycles. The van der Waals surface area contributed by atoms with Gasteiger partial charge in [-0.25, -0.2) is 0 Å². The van der Waals surface area contributed by atoms with Crippen LogP contribution in [0.25, 0.3) is 0 Å². The molecule has 1 aliphatic rings. The van der Waals surface area contributed by atoms with Crippen LogP contribution in [0.3, 0.4) is 0 Å². The van der Waals surface area contributed by atoms with Gasteiger partial charge in [0.1, 0.15) is 11.5 Å². The van der Waals surface area contributed by atoms with E-state index in [1.165, 1.54) is 0 Å². The average Bonchev–Trinajstić information content (AvgIpc) is 2.58. The summed E-state index contributed by atoms with van der Waals surface area (Å²) < 4.78 is 10.6. The zero-order chi connectivity index (χ0) is 9.10. The second-order valence-corrected chi connectivity index (χ2v) is 3.11. The molecule has 0 radical (unpaired) electrons. The van der Waals surface area contributed by atoms with E-state index in [4.69, 9.17) is 9.26 Å². The molecule has 0 aromatic carbocycles. The second-order valence-electron chi connectivity index (χ2n) is 3.11. The molecule has 0 atom stereocenters. The summed E-state index contributed by atoms with van der Waals surface area (Å²) in [6.45, 7) is 5.20. The molecule has 0 saturated carbocycles. The van der Waals surface area contributed by atoms with Crippen molar-refractivity contribution in [1.29, 1.82) is 0 Å². The maximum absolute atomic E-state index is 5.35. The van der Waals surface area contributed by atoms with Crippen LogP contribution in [0.15, 0.2) is 4.52 Å². The van der Waals surface area contributed by atoms with Crippen molar-refractivity contribution < 1.29 is 9.26 Å². The maximum Gasteiger partial charge on any atom is 0.144 e. The molecule has 0 unspecified atom stereocenters. The molecule has 2 rings (SSSR count). The Labute approximate surface area is 77.2 Å². The van der Waals surface area contributed by atoms with Crippen LogP contribution in [0.1, 0.15) is 23.9 Å². The number of hydrogen-bond acceptors (Lipinski definition) is 4. The molecule has 1 N–H and O–H groups in total. The molecular weight excluding hydrogens is 168 g/mol. The molecule has 0 saturated heterocycles. The molecule has 0 fully saturated rings. The summed E-state index contributed by atoms with van der Waals surface area (Å²) in [5.74, 6) is 0.999. The first-order chi connectivity index (χ1) is 6.42. The minimum atomic E-state index is 0.652. The van der Waals surface area contributed by atoms with E-state index in [0.717, 1.165) is 43.1 Å². The van der Waals surface area contributed by atoms with E-state index in [-0.39, 0.29) is 0 Å². The van der Waals surface area contributed by atoms with Crippen molar-refractivity contribution in [1.82, 2.24) is 10.5 Å². The van der Waals surface area contributed by atoms with E-state index in [1.807, 2.05) is 0 Å². The molecule has 2 heterocycles. The largest absolute Gasteiger partial charge is 0.376 e. The van der Waals surface area contributed by atoms with Crippen LogP contribution in [0, 0.1) is 0 Å². The molecule has 4 nitrogen and oxygen atoms in total. The van der Waals surface area contributed by atoms with E-state index in [9.17, 15) is 0 Å². The van der Waals surface area contributed by atoms with Crippen LogP contribution in [0.2, 0.25) is 0 Å². The molecule has 0 spiro atoms. The van der Waals surface area contributed by atoms with Crippen LogP contribution in [-0.2, 0) is 24.3 Å². The van der Waals surface area contributed by atoms with Crippen molar-refractivity contribution in [2.45, 2.75) is 26.5 Å². The van der Waals surface area contributed by atoms with Gasteiger partial charge in [0.15, 0.2) is 0 Å². The SMILES string of the molecule is CCNCc1noc2c1COCC2. The van der Waals surface area contributed by atoms with E-state index in [0.29, 0.717) is 6.61 Å². The number of nitrogens with zero attached hydrogens (tertiary/aromatic N) is 1. The molecular formula is C9H14N2O2. The number of ether oxygens (including phenoxy) is 1. The van der Waals surface area contributed by atoms with Gasteiger partial charge in [0.05, 0.1) is 13.2 Å². The fourth-order valence-corrected chi connectivity index (χ4v) is 1.46. The number of aromatic nitrogens is 1. The van der Waals surface area contributed by atoms with Gasteiger partial charge in [-0.05, 0) is 6.54 Å². The quantitative estimate of drug-likeness (QED) is 0.753. The van der Waals surface area contributed by atoms with Crippen molar-refractivity contribution in [3.8, 4) is 0 Å². The first-order valence-corrected chi connectivity index (χ1v) is 4.66. The van der Waals surface area contributed by atoms with Crippen LogP contribution < -0.4 is 5.32 Å². The predicted octanol–water partition coefficient (Wildman–Crippen LogP) is 0.857. The molecule has 1 aromatic heterocycles. The van der Waals surface area contributed by atoms with Gasteiger partial charge in [0.25, 0.3) is 0 Å². The molecule has 0 bridgehead atoms. The van der Waals surface area contributed by atoms with E-state index in [1.54, 1.807) is 0 Å². The summed E-state index contributed by atoms with van der Waals surface area (Å²) in [5, 5.41) is 7.24. The lowest BCUT2D eigenvalue weighted by atomic mass is 10.1. The first-order valence-electron chi connectivity index (χ1n) is 4.66. The Bertz CT molecular complexity index is 283. The van der Waals surface area contributed by atoms with Gasteiger partial charge in [0.2, 0.25) is 0 Å². The number of fused-ring (bicyclic) bond motifs is 1.